The van der Waals surface area contributed by atoms with Crippen LogP contribution in [-0.2, 0) is 4.74 Å². The Morgan fingerprint density at radius 1 is 1.41 bits per heavy atom. The Kier molecular flexibility index (Phi) is 4.07. The summed E-state index contributed by atoms with van der Waals surface area (Å²) in [6, 6.07) is 3.92. The first kappa shape index (κ1) is 12.5. The van der Waals surface area contributed by atoms with E-state index in [-0.39, 0.29) is 6.04 Å². The van der Waals surface area contributed by atoms with Crippen LogP contribution in [0.25, 0.3) is 0 Å². The molecule has 1 aliphatic carbocycles. The Labute approximate surface area is 100.0 Å². The van der Waals surface area contributed by atoms with Gasteiger partial charge in [-0.3, -0.25) is 0 Å². The molecule has 1 fully saturated rings. The van der Waals surface area contributed by atoms with Gasteiger partial charge < -0.3 is 10.1 Å². The van der Waals surface area contributed by atoms with Crippen LogP contribution >= 0.6 is 0 Å². The molecule has 1 aromatic carbocycles. The smallest absolute Gasteiger partial charge is 0.163 e. The molecule has 0 amide bonds. The Bertz CT molecular complexity index is 380. The number of hydrogen-bond donors (Lipinski definition) is 1. The van der Waals surface area contributed by atoms with Crippen molar-refractivity contribution in [3.05, 3.63) is 35.4 Å². The van der Waals surface area contributed by atoms with Gasteiger partial charge in [0.1, 0.15) is 0 Å². The quantitative estimate of drug-likeness (QED) is 0.826. The summed E-state index contributed by atoms with van der Waals surface area (Å²) in [6.07, 6.45) is 2.44. The van der Waals surface area contributed by atoms with Crippen LogP contribution in [0.4, 0.5) is 8.78 Å². The molecule has 1 aromatic rings. The van der Waals surface area contributed by atoms with Crippen LogP contribution < -0.4 is 5.32 Å². The van der Waals surface area contributed by atoms with Gasteiger partial charge in [-0.15, -0.1) is 0 Å². The summed E-state index contributed by atoms with van der Waals surface area (Å²) in [5.41, 5.74) is 0.322. The van der Waals surface area contributed by atoms with Gasteiger partial charge >= 0.3 is 0 Å². The van der Waals surface area contributed by atoms with E-state index < -0.39 is 11.6 Å². The highest BCUT2D eigenvalue weighted by Crippen LogP contribution is 2.29. The summed E-state index contributed by atoms with van der Waals surface area (Å²) >= 11 is 0. The molecule has 0 heterocycles. The second-order valence-corrected chi connectivity index (χ2v) is 4.47. The van der Waals surface area contributed by atoms with Gasteiger partial charge in [-0.25, -0.2) is 8.78 Å². The van der Waals surface area contributed by atoms with Crippen molar-refractivity contribution in [1.29, 1.82) is 0 Å². The fraction of sp³-hybridized carbons (Fsp3) is 0.538. The summed E-state index contributed by atoms with van der Waals surface area (Å²) in [5, 5.41) is 2.95. The van der Waals surface area contributed by atoms with Gasteiger partial charge in [0.05, 0.1) is 12.6 Å². The van der Waals surface area contributed by atoms with Crippen LogP contribution in [0.1, 0.15) is 24.4 Å². The van der Waals surface area contributed by atoms with Crippen molar-refractivity contribution in [2.24, 2.45) is 5.92 Å². The molecule has 1 atom stereocenters. The maximum atomic E-state index is 13.6. The van der Waals surface area contributed by atoms with Crippen LogP contribution in [0, 0.1) is 17.6 Å². The van der Waals surface area contributed by atoms with Crippen molar-refractivity contribution in [3.63, 3.8) is 0 Å². The number of hydrogen-bond acceptors (Lipinski definition) is 2. The average Bonchev–Trinajstić information content (AvgIpc) is 3.13. The molecule has 0 aliphatic heterocycles. The lowest BCUT2D eigenvalue weighted by atomic mass is 10.1. The molecule has 17 heavy (non-hydrogen) atoms. The van der Waals surface area contributed by atoms with Crippen molar-refractivity contribution in [1.82, 2.24) is 5.32 Å². The van der Waals surface area contributed by atoms with E-state index >= 15 is 0 Å². The molecule has 2 nitrogen and oxygen atoms in total. The first-order valence-corrected chi connectivity index (χ1v) is 5.91. The molecule has 2 rings (SSSR count). The zero-order valence-electron chi connectivity index (χ0n) is 9.88. The first-order valence-electron chi connectivity index (χ1n) is 5.91. The molecule has 0 saturated heterocycles. The van der Waals surface area contributed by atoms with E-state index in [4.69, 9.17) is 4.74 Å². The van der Waals surface area contributed by atoms with E-state index in [0.717, 1.165) is 12.7 Å². The molecule has 4 heteroatoms. The summed E-state index contributed by atoms with van der Waals surface area (Å²) in [6.45, 7) is 1.09. The fourth-order valence-corrected chi connectivity index (χ4v) is 1.76. The highest BCUT2D eigenvalue weighted by atomic mass is 19.2. The van der Waals surface area contributed by atoms with Crippen molar-refractivity contribution in [2.45, 2.75) is 18.9 Å². The maximum Gasteiger partial charge on any atom is 0.163 e. The summed E-state index contributed by atoms with van der Waals surface area (Å²) < 4.78 is 32.2. The van der Waals surface area contributed by atoms with E-state index in [2.05, 4.69) is 5.32 Å². The Morgan fingerprint density at radius 3 is 2.82 bits per heavy atom. The number of rotatable bonds is 6. The third kappa shape index (κ3) is 3.23. The van der Waals surface area contributed by atoms with E-state index in [1.807, 2.05) is 0 Å². The van der Waals surface area contributed by atoms with Gasteiger partial charge in [-0.2, -0.15) is 0 Å². The lowest BCUT2D eigenvalue weighted by Crippen LogP contribution is -2.23. The predicted molar refractivity (Wildman–Crippen MR) is 61.7 cm³/mol. The van der Waals surface area contributed by atoms with Crippen molar-refractivity contribution < 1.29 is 13.5 Å². The monoisotopic (exact) mass is 241 g/mol. The normalized spacial score (nSPS) is 17.1. The topological polar surface area (TPSA) is 21.3 Å². The molecule has 1 saturated carbocycles. The van der Waals surface area contributed by atoms with Crippen LogP contribution in [0.3, 0.4) is 0 Å². The third-order valence-corrected chi connectivity index (χ3v) is 3.04. The SMILES string of the molecule is CNC(COCC1CC1)c1cccc(F)c1F. The maximum absolute atomic E-state index is 13.6. The van der Waals surface area contributed by atoms with E-state index in [9.17, 15) is 8.78 Å². The first-order chi connectivity index (χ1) is 8.22. The van der Waals surface area contributed by atoms with Crippen LogP contribution in [0.5, 0.6) is 0 Å². The molecule has 1 aliphatic rings. The molecule has 0 spiro atoms. The molecular weight excluding hydrogens is 224 g/mol. The minimum absolute atomic E-state index is 0.301. The summed E-state index contributed by atoms with van der Waals surface area (Å²) in [4.78, 5) is 0. The zero-order chi connectivity index (χ0) is 12.3. The van der Waals surface area contributed by atoms with Gasteiger partial charge in [0.25, 0.3) is 0 Å². The second kappa shape index (κ2) is 5.56. The lowest BCUT2D eigenvalue weighted by molar-refractivity contribution is 0.104. The van der Waals surface area contributed by atoms with Crippen molar-refractivity contribution in [2.75, 3.05) is 20.3 Å². The molecule has 0 aromatic heterocycles. The number of halogens is 2. The van der Waals surface area contributed by atoms with E-state index in [0.29, 0.717) is 18.1 Å². The number of likely N-dealkylation sites (N-methyl/N-ethyl adjacent to an activating group) is 1. The lowest BCUT2D eigenvalue weighted by Gasteiger charge is -2.17. The van der Waals surface area contributed by atoms with Gasteiger partial charge in [0.15, 0.2) is 11.6 Å². The standard InChI is InChI=1S/C13H17F2NO/c1-16-12(8-17-7-9-5-6-9)10-3-2-4-11(14)13(10)15/h2-4,9,12,16H,5-8H2,1H3. The Hall–Kier alpha value is -1.00. The number of ether oxygens (including phenoxy) is 1. The highest BCUT2D eigenvalue weighted by molar-refractivity contribution is 5.22. The second-order valence-electron chi connectivity index (χ2n) is 4.47. The third-order valence-electron chi connectivity index (χ3n) is 3.04. The molecule has 1 unspecified atom stereocenters. The average molecular weight is 241 g/mol. The van der Waals surface area contributed by atoms with Gasteiger partial charge in [0, 0.05) is 12.2 Å². The Morgan fingerprint density at radius 2 is 2.18 bits per heavy atom. The van der Waals surface area contributed by atoms with Gasteiger partial charge in [-0.1, -0.05) is 12.1 Å². The number of benzene rings is 1. The fourth-order valence-electron chi connectivity index (χ4n) is 1.76. The minimum atomic E-state index is -0.815. The van der Waals surface area contributed by atoms with Gasteiger partial charge in [-0.05, 0) is 31.9 Å². The van der Waals surface area contributed by atoms with Crippen molar-refractivity contribution in [3.8, 4) is 0 Å². The minimum Gasteiger partial charge on any atom is -0.379 e. The predicted octanol–water partition coefficient (Wildman–Crippen LogP) is 2.65. The van der Waals surface area contributed by atoms with Gasteiger partial charge in [0.2, 0.25) is 0 Å². The zero-order valence-corrected chi connectivity index (χ0v) is 9.88. The summed E-state index contributed by atoms with van der Waals surface area (Å²) in [7, 11) is 1.72. The van der Waals surface area contributed by atoms with Crippen LogP contribution in [-0.4, -0.2) is 20.3 Å². The van der Waals surface area contributed by atoms with E-state index in [1.54, 1.807) is 13.1 Å². The highest BCUT2D eigenvalue weighted by Gasteiger charge is 2.22. The van der Waals surface area contributed by atoms with Crippen LogP contribution in [0.2, 0.25) is 0 Å². The Balaban J connectivity index is 1.97. The van der Waals surface area contributed by atoms with E-state index in [1.165, 1.54) is 18.9 Å². The largest absolute Gasteiger partial charge is 0.379 e. The van der Waals surface area contributed by atoms with Crippen molar-refractivity contribution >= 4 is 0 Å². The molecule has 0 bridgehead atoms. The van der Waals surface area contributed by atoms with Crippen LogP contribution in [0.15, 0.2) is 18.2 Å². The molecule has 0 radical (unpaired) electrons. The number of nitrogens with one attached hydrogen (secondary N) is 1. The molecule has 1 N–H and O–H groups in total. The molecular formula is C13H17F2NO. The molecule has 94 valence electrons. The summed E-state index contributed by atoms with van der Waals surface area (Å²) in [5.74, 6) is -0.934.